The minimum Gasteiger partial charge on any atom is -0.488 e. The molecule has 0 spiro atoms. The molecule has 0 aliphatic heterocycles. The highest BCUT2D eigenvalue weighted by atomic mass is 19.1. The minimum absolute atomic E-state index is 0.230. The molecule has 0 radical (unpaired) electrons. The van der Waals surface area contributed by atoms with Gasteiger partial charge in [0.1, 0.15) is 0 Å². The van der Waals surface area contributed by atoms with Gasteiger partial charge in [-0.1, -0.05) is 6.92 Å². The van der Waals surface area contributed by atoms with Crippen LogP contribution in [0.4, 0.5) is 8.78 Å². The molecule has 0 saturated heterocycles. The number of methoxy groups -OCH3 is 1. The number of nitrogens with one attached hydrogen (secondary N) is 1. The Labute approximate surface area is 106 Å². The summed E-state index contributed by atoms with van der Waals surface area (Å²) in [6, 6.07) is 2.58. The van der Waals surface area contributed by atoms with E-state index in [0.29, 0.717) is 25.1 Å². The van der Waals surface area contributed by atoms with Crippen LogP contribution >= 0.6 is 0 Å². The Morgan fingerprint density at radius 3 is 2.39 bits per heavy atom. The highest BCUT2D eigenvalue weighted by Gasteiger charge is 2.12. The maximum absolute atomic E-state index is 13.6. The molecule has 5 heteroatoms. The summed E-state index contributed by atoms with van der Waals surface area (Å²) in [5.41, 5.74) is 0.566. The fraction of sp³-hybridized carbons (Fsp3) is 0.538. The fourth-order valence-electron chi connectivity index (χ4n) is 1.50. The predicted octanol–water partition coefficient (Wildman–Crippen LogP) is 2.49. The molecule has 0 aliphatic rings. The number of rotatable bonds is 8. The number of halogens is 2. The van der Waals surface area contributed by atoms with Crippen molar-refractivity contribution in [1.29, 1.82) is 0 Å². The van der Waals surface area contributed by atoms with Gasteiger partial charge in [0.05, 0.1) is 6.61 Å². The topological polar surface area (TPSA) is 30.5 Å². The van der Waals surface area contributed by atoms with Gasteiger partial charge in [-0.05, 0) is 24.2 Å². The smallest absolute Gasteiger partial charge is 0.190 e. The third-order valence-corrected chi connectivity index (χ3v) is 2.38. The Hall–Kier alpha value is -1.20. The van der Waals surface area contributed by atoms with Crippen LogP contribution in [0.2, 0.25) is 0 Å². The van der Waals surface area contributed by atoms with E-state index >= 15 is 0 Å². The first kappa shape index (κ1) is 14.9. The molecular weight excluding hydrogens is 240 g/mol. The van der Waals surface area contributed by atoms with Gasteiger partial charge in [-0.2, -0.15) is 0 Å². The maximum atomic E-state index is 13.6. The fourth-order valence-corrected chi connectivity index (χ4v) is 1.50. The minimum atomic E-state index is -0.666. The van der Waals surface area contributed by atoms with Crippen molar-refractivity contribution in [3.05, 3.63) is 29.3 Å². The Morgan fingerprint density at radius 1 is 1.17 bits per heavy atom. The molecule has 0 aliphatic carbocycles. The van der Waals surface area contributed by atoms with Gasteiger partial charge in [-0.15, -0.1) is 0 Å². The normalized spacial score (nSPS) is 10.7. The summed E-state index contributed by atoms with van der Waals surface area (Å²) >= 11 is 0. The summed E-state index contributed by atoms with van der Waals surface area (Å²) < 4.78 is 37.2. The first-order valence-corrected chi connectivity index (χ1v) is 5.99. The van der Waals surface area contributed by atoms with E-state index in [9.17, 15) is 8.78 Å². The molecule has 1 N–H and O–H groups in total. The molecule has 0 amide bonds. The molecule has 1 rings (SSSR count). The van der Waals surface area contributed by atoms with Crippen molar-refractivity contribution in [2.24, 2.45) is 0 Å². The number of ether oxygens (including phenoxy) is 2. The van der Waals surface area contributed by atoms with Gasteiger partial charge in [0.25, 0.3) is 0 Å². The van der Waals surface area contributed by atoms with E-state index in [4.69, 9.17) is 9.47 Å². The van der Waals surface area contributed by atoms with Gasteiger partial charge >= 0.3 is 0 Å². The van der Waals surface area contributed by atoms with Gasteiger partial charge < -0.3 is 14.8 Å². The zero-order valence-corrected chi connectivity index (χ0v) is 10.8. The molecule has 18 heavy (non-hydrogen) atoms. The van der Waals surface area contributed by atoms with Crippen LogP contribution < -0.4 is 10.1 Å². The van der Waals surface area contributed by atoms with Crippen molar-refractivity contribution in [1.82, 2.24) is 5.32 Å². The van der Waals surface area contributed by atoms with Crippen molar-refractivity contribution in [2.45, 2.75) is 19.9 Å². The molecule has 102 valence electrons. The van der Waals surface area contributed by atoms with Crippen LogP contribution in [0.25, 0.3) is 0 Å². The highest BCUT2D eigenvalue weighted by molar-refractivity contribution is 5.31. The quantitative estimate of drug-likeness (QED) is 0.728. The lowest BCUT2D eigenvalue weighted by Gasteiger charge is -2.10. The molecule has 0 atom stereocenters. The second-order valence-corrected chi connectivity index (χ2v) is 3.86. The Balaban J connectivity index is 2.62. The van der Waals surface area contributed by atoms with Gasteiger partial charge in [0.2, 0.25) is 0 Å². The molecule has 3 nitrogen and oxygen atoms in total. The second kappa shape index (κ2) is 8.00. The average Bonchev–Trinajstić information content (AvgIpc) is 2.34. The molecule has 0 saturated carbocycles. The van der Waals surface area contributed by atoms with Gasteiger partial charge in [0.15, 0.2) is 17.4 Å². The summed E-state index contributed by atoms with van der Waals surface area (Å²) in [7, 11) is 1.57. The first-order valence-electron chi connectivity index (χ1n) is 5.99. The lowest BCUT2D eigenvalue weighted by Crippen LogP contribution is -2.12. The largest absolute Gasteiger partial charge is 0.488 e. The number of hydrogen-bond donors (Lipinski definition) is 1. The molecule has 0 heterocycles. The van der Waals surface area contributed by atoms with Crippen LogP contribution in [-0.2, 0) is 11.3 Å². The van der Waals surface area contributed by atoms with Crippen molar-refractivity contribution in [3.8, 4) is 5.75 Å². The number of benzene rings is 1. The zero-order valence-electron chi connectivity index (χ0n) is 10.8. The zero-order chi connectivity index (χ0) is 13.4. The van der Waals surface area contributed by atoms with Crippen molar-refractivity contribution < 1.29 is 18.3 Å². The lowest BCUT2D eigenvalue weighted by molar-refractivity contribution is 0.168. The molecule has 0 unspecified atom stereocenters. The molecule has 0 bridgehead atoms. The number of hydrogen-bond acceptors (Lipinski definition) is 3. The SMILES string of the molecule is CCNCc1cc(F)c(OCCCOC)c(F)c1. The van der Waals surface area contributed by atoms with E-state index in [0.717, 1.165) is 6.54 Å². The van der Waals surface area contributed by atoms with Crippen LogP contribution in [0, 0.1) is 11.6 Å². The van der Waals surface area contributed by atoms with Crippen LogP contribution in [0.5, 0.6) is 5.75 Å². The Bertz CT molecular complexity index is 349. The monoisotopic (exact) mass is 259 g/mol. The Morgan fingerprint density at radius 2 is 1.83 bits per heavy atom. The van der Waals surface area contributed by atoms with Gasteiger partial charge in [0, 0.05) is 26.7 Å². The van der Waals surface area contributed by atoms with E-state index in [1.165, 1.54) is 12.1 Å². The van der Waals surface area contributed by atoms with Crippen molar-refractivity contribution >= 4 is 0 Å². The third-order valence-electron chi connectivity index (χ3n) is 2.38. The predicted molar refractivity (Wildman–Crippen MR) is 65.7 cm³/mol. The standard InChI is InChI=1S/C13H19F2NO2/c1-3-16-9-10-7-11(14)13(12(15)8-10)18-6-4-5-17-2/h7-8,16H,3-6,9H2,1-2H3. The second-order valence-electron chi connectivity index (χ2n) is 3.86. The summed E-state index contributed by atoms with van der Waals surface area (Å²) in [5.74, 6) is -1.65. The third kappa shape index (κ3) is 4.58. The van der Waals surface area contributed by atoms with Crippen LogP contribution in [-0.4, -0.2) is 26.9 Å². The highest BCUT2D eigenvalue weighted by Crippen LogP contribution is 2.23. The molecule has 1 aromatic carbocycles. The summed E-state index contributed by atoms with van der Waals surface area (Å²) in [5, 5.41) is 3.01. The maximum Gasteiger partial charge on any atom is 0.190 e. The summed E-state index contributed by atoms with van der Waals surface area (Å²) in [4.78, 5) is 0. The van der Waals surface area contributed by atoms with Gasteiger partial charge in [-0.3, -0.25) is 0 Å². The first-order chi connectivity index (χ1) is 8.69. The van der Waals surface area contributed by atoms with Gasteiger partial charge in [-0.25, -0.2) is 8.78 Å². The van der Waals surface area contributed by atoms with Crippen LogP contribution in [0.3, 0.4) is 0 Å². The lowest BCUT2D eigenvalue weighted by atomic mass is 10.2. The van der Waals surface area contributed by atoms with Crippen LogP contribution in [0.15, 0.2) is 12.1 Å². The van der Waals surface area contributed by atoms with E-state index < -0.39 is 11.6 Å². The average molecular weight is 259 g/mol. The summed E-state index contributed by atoms with van der Waals surface area (Å²) in [6.07, 6.45) is 0.592. The van der Waals surface area contributed by atoms with E-state index in [-0.39, 0.29) is 12.4 Å². The molecule has 1 aromatic rings. The van der Waals surface area contributed by atoms with E-state index in [1.807, 2.05) is 6.92 Å². The van der Waals surface area contributed by atoms with Crippen LogP contribution in [0.1, 0.15) is 18.9 Å². The molecule has 0 aromatic heterocycles. The van der Waals surface area contributed by atoms with E-state index in [2.05, 4.69) is 5.32 Å². The summed E-state index contributed by atoms with van der Waals surface area (Å²) in [6.45, 7) is 3.85. The van der Waals surface area contributed by atoms with E-state index in [1.54, 1.807) is 7.11 Å². The van der Waals surface area contributed by atoms with Crippen molar-refractivity contribution in [2.75, 3.05) is 26.9 Å². The molecule has 0 fully saturated rings. The molecular formula is C13H19F2NO2. The Kier molecular flexibility index (Phi) is 6.60. The van der Waals surface area contributed by atoms with Crippen molar-refractivity contribution in [3.63, 3.8) is 0 Å².